The normalized spacial score (nSPS) is 26.3. The van der Waals surface area contributed by atoms with Gasteiger partial charge in [0.2, 0.25) is 0 Å². The summed E-state index contributed by atoms with van der Waals surface area (Å²) >= 11 is 0. The molecule has 2 saturated carbocycles. The molecule has 1 saturated heterocycles. The fourth-order valence-corrected chi connectivity index (χ4v) is 7.20. The van der Waals surface area contributed by atoms with Gasteiger partial charge in [0.25, 0.3) is 0 Å². The Morgan fingerprint density at radius 3 is 2.31 bits per heavy atom. The van der Waals surface area contributed by atoms with Crippen LogP contribution in [0.3, 0.4) is 0 Å². The molecule has 1 amide bonds. The highest BCUT2D eigenvalue weighted by Crippen LogP contribution is 2.45. The van der Waals surface area contributed by atoms with Crippen LogP contribution in [0, 0.1) is 17.7 Å². The molecule has 4 aliphatic rings. The minimum atomic E-state index is -5.03. The Bertz CT molecular complexity index is 1660. The lowest BCUT2D eigenvalue weighted by atomic mass is 9.78. The molecule has 0 N–H and O–H groups in total. The maximum atomic E-state index is 15.6. The number of ether oxygens (including phenoxy) is 2. The highest BCUT2D eigenvalue weighted by Gasteiger charge is 2.48. The van der Waals surface area contributed by atoms with Crippen molar-refractivity contribution in [3.8, 4) is 11.1 Å². The fraction of sp³-hybridized carbons (Fsp3) is 0.528. The number of halogens is 7. The Morgan fingerprint density at radius 1 is 0.980 bits per heavy atom. The lowest BCUT2D eigenvalue weighted by Gasteiger charge is -2.29. The van der Waals surface area contributed by atoms with E-state index >= 15 is 4.39 Å². The number of pyridine rings is 1. The third-order valence-electron chi connectivity index (χ3n) is 10.1. The number of esters is 1. The summed E-state index contributed by atoms with van der Waals surface area (Å²) in [5, 5.41) is 0. The SMILES string of the molecule is CCOC(=O)C1CCC(c2ccc(F)c(-c3ccc(C4CC4)nc3CN3C(=O)O[C@H](C4=CC(C(F)(F)F)=CC(C(F)(F)F)C4)[C@@H]3C)c2)CC1. The first-order chi connectivity index (χ1) is 23.1. The van der Waals surface area contributed by atoms with Crippen molar-refractivity contribution in [1.82, 2.24) is 9.88 Å². The minimum Gasteiger partial charge on any atom is -0.466 e. The Balaban J connectivity index is 1.27. The van der Waals surface area contributed by atoms with Gasteiger partial charge in [0.05, 0.1) is 42.3 Å². The van der Waals surface area contributed by atoms with Gasteiger partial charge < -0.3 is 9.47 Å². The number of hydrogen-bond donors (Lipinski definition) is 0. The molecule has 3 atom stereocenters. The van der Waals surface area contributed by atoms with Crippen LogP contribution in [0.2, 0.25) is 0 Å². The van der Waals surface area contributed by atoms with Gasteiger partial charge in [-0.1, -0.05) is 18.2 Å². The Morgan fingerprint density at radius 2 is 1.67 bits per heavy atom. The molecule has 1 aromatic heterocycles. The van der Waals surface area contributed by atoms with Crippen LogP contribution >= 0.6 is 0 Å². The Hall–Kier alpha value is -3.90. The van der Waals surface area contributed by atoms with Crippen LogP contribution in [0.4, 0.5) is 35.5 Å². The summed E-state index contributed by atoms with van der Waals surface area (Å²) in [6.07, 6.45) is -7.64. The third kappa shape index (κ3) is 7.50. The molecule has 3 fully saturated rings. The molecule has 0 spiro atoms. The maximum absolute atomic E-state index is 15.6. The first kappa shape index (κ1) is 34.9. The zero-order chi connectivity index (χ0) is 35.2. The summed E-state index contributed by atoms with van der Waals surface area (Å²) in [4.78, 5) is 31.5. The van der Waals surface area contributed by atoms with Crippen molar-refractivity contribution >= 4 is 12.1 Å². The zero-order valence-electron chi connectivity index (χ0n) is 27.0. The molecule has 0 radical (unpaired) electrons. The largest absolute Gasteiger partial charge is 0.466 e. The summed E-state index contributed by atoms with van der Waals surface area (Å²) in [5.41, 5.74) is 0.950. The summed E-state index contributed by atoms with van der Waals surface area (Å²) in [6, 6.07) is 7.48. The highest BCUT2D eigenvalue weighted by atomic mass is 19.4. The number of aromatic nitrogens is 1. The summed E-state index contributed by atoms with van der Waals surface area (Å²) in [6.45, 7) is 3.39. The number of allylic oxidation sites excluding steroid dienone is 3. The van der Waals surface area contributed by atoms with E-state index in [1.54, 1.807) is 25.1 Å². The second kappa shape index (κ2) is 13.4. The molecule has 1 aromatic carbocycles. The minimum absolute atomic E-state index is 0.0847. The average Bonchev–Trinajstić information content (AvgIpc) is 3.87. The van der Waals surface area contributed by atoms with Crippen LogP contribution < -0.4 is 0 Å². The summed E-state index contributed by atoms with van der Waals surface area (Å²) in [5.74, 6) is -3.00. The van der Waals surface area contributed by atoms with Gasteiger partial charge in [0, 0.05) is 22.7 Å². The molecule has 6 nitrogen and oxygen atoms in total. The van der Waals surface area contributed by atoms with E-state index in [0.717, 1.165) is 36.9 Å². The van der Waals surface area contributed by atoms with E-state index in [4.69, 9.17) is 14.5 Å². The van der Waals surface area contributed by atoms with Crippen molar-refractivity contribution in [2.45, 2.75) is 102 Å². The second-order valence-electron chi connectivity index (χ2n) is 13.4. The topological polar surface area (TPSA) is 68.7 Å². The number of alkyl halides is 6. The van der Waals surface area contributed by atoms with Crippen LogP contribution in [-0.2, 0) is 20.8 Å². The van der Waals surface area contributed by atoms with Gasteiger partial charge >= 0.3 is 24.4 Å². The molecule has 13 heteroatoms. The first-order valence-corrected chi connectivity index (χ1v) is 16.6. The monoisotopic (exact) mass is 694 g/mol. The van der Waals surface area contributed by atoms with Gasteiger partial charge in [-0.3, -0.25) is 14.7 Å². The third-order valence-corrected chi connectivity index (χ3v) is 10.1. The first-order valence-electron chi connectivity index (χ1n) is 16.6. The molecule has 49 heavy (non-hydrogen) atoms. The van der Waals surface area contributed by atoms with Crippen LogP contribution in [0.25, 0.3) is 11.1 Å². The lowest BCUT2D eigenvalue weighted by molar-refractivity contribution is -0.163. The van der Waals surface area contributed by atoms with E-state index < -0.39 is 54.3 Å². The number of hydrogen-bond acceptors (Lipinski definition) is 5. The molecule has 0 bridgehead atoms. The van der Waals surface area contributed by atoms with E-state index in [2.05, 4.69) is 0 Å². The van der Waals surface area contributed by atoms with Crippen molar-refractivity contribution in [3.63, 3.8) is 0 Å². The van der Waals surface area contributed by atoms with Gasteiger partial charge in [-0.05, 0) is 100 Å². The predicted octanol–water partition coefficient (Wildman–Crippen LogP) is 9.31. The molecule has 3 aliphatic carbocycles. The number of nitrogens with zero attached hydrogens (tertiary/aromatic N) is 2. The summed E-state index contributed by atoms with van der Waals surface area (Å²) in [7, 11) is 0. The van der Waals surface area contributed by atoms with Crippen molar-refractivity contribution in [2.24, 2.45) is 11.8 Å². The van der Waals surface area contributed by atoms with Crippen molar-refractivity contribution in [3.05, 3.63) is 76.4 Å². The van der Waals surface area contributed by atoms with Crippen molar-refractivity contribution < 1.29 is 49.8 Å². The van der Waals surface area contributed by atoms with Gasteiger partial charge in [-0.25, -0.2) is 9.18 Å². The predicted molar refractivity (Wildman–Crippen MR) is 165 cm³/mol. The molecule has 6 rings (SSSR count). The van der Waals surface area contributed by atoms with Gasteiger partial charge in [0.15, 0.2) is 0 Å². The van der Waals surface area contributed by atoms with Gasteiger partial charge in [-0.15, -0.1) is 0 Å². The molecule has 2 heterocycles. The molecule has 1 aliphatic heterocycles. The second-order valence-corrected chi connectivity index (χ2v) is 13.4. The van der Waals surface area contributed by atoms with Crippen molar-refractivity contribution in [1.29, 1.82) is 0 Å². The number of carbonyl (C=O) groups excluding carboxylic acids is 2. The molecular formula is C36H37F7N2O4. The van der Waals surface area contributed by atoms with Gasteiger partial charge in [0.1, 0.15) is 11.9 Å². The fourth-order valence-electron chi connectivity index (χ4n) is 7.20. The molecule has 2 aromatic rings. The number of benzene rings is 1. The number of carbonyl (C=O) groups is 2. The Kier molecular flexibility index (Phi) is 9.58. The molecule has 1 unspecified atom stereocenters. The van der Waals surface area contributed by atoms with E-state index in [9.17, 15) is 35.9 Å². The maximum Gasteiger partial charge on any atom is 0.416 e. The number of cyclic esters (lactones) is 1. The van der Waals surface area contributed by atoms with E-state index in [-0.39, 0.29) is 47.5 Å². The summed E-state index contributed by atoms with van der Waals surface area (Å²) < 4.78 is 108. The van der Waals surface area contributed by atoms with Crippen LogP contribution in [0.15, 0.2) is 53.6 Å². The highest BCUT2D eigenvalue weighted by molar-refractivity contribution is 5.74. The van der Waals surface area contributed by atoms with Crippen molar-refractivity contribution in [2.75, 3.05) is 6.61 Å². The molecular weight excluding hydrogens is 657 g/mol. The number of rotatable bonds is 8. The van der Waals surface area contributed by atoms with Crippen LogP contribution in [0.5, 0.6) is 0 Å². The standard InChI is InChI=1S/C36H37F7N2O4/c1-3-48-33(46)22-8-4-20(5-9-22)23-10-12-29(37)28(16-23)27-11-13-30(21-6-7-21)44-31(27)18-45-19(2)32(49-34(45)47)24-14-25(35(38,39)40)17-26(15-24)36(41,42)43/h10-14,16-17,19-22,26,32H,3-9,15,18H2,1-2H3/t19-,20?,22?,26?,32-/m0/s1. The van der Waals surface area contributed by atoms with Crippen LogP contribution in [-0.4, -0.2) is 53.1 Å². The smallest absolute Gasteiger partial charge is 0.416 e. The van der Waals surface area contributed by atoms with Gasteiger partial charge in [-0.2, -0.15) is 26.3 Å². The van der Waals surface area contributed by atoms with E-state index in [0.29, 0.717) is 36.8 Å². The lowest BCUT2D eigenvalue weighted by Crippen LogP contribution is -2.36. The van der Waals surface area contributed by atoms with E-state index in [1.807, 2.05) is 6.07 Å². The molecule has 264 valence electrons. The van der Waals surface area contributed by atoms with E-state index in [1.165, 1.54) is 17.9 Å². The van der Waals surface area contributed by atoms with Crippen LogP contribution in [0.1, 0.15) is 87.6 Å². The number of amides is 1. The quantitative estimate of drug-likeness (QED) is 0.204. The Labute approximate surface area is 279 Å². The average molecular weight is 695 g/mol. The zero-order valence-corrected chi connectivity index (χ0v) is 27.0.